The van der Waals surface area contributed by atoms with E-state index in [-0.39, 0.29) is 17.4 Å². The molecule has 0 atom stereocenters. The third kappa shape index (κ3) is 2.98. The Morgan fingerprint density at radius 3 is 2.09 bits per heavy atom. The Kier molecular flexibility index (Phi) is 3.64. The lowest BCUT2D eigenvalue weighted by Crippen LogP contribution is -2.62. The van der Waals surface area contributed by atoms with Gasteiger partial charge in [-0.3, -0.25) is 9.59 Å². The van der Waals surface area contributed by atoms with Gasteiger partial charge in [-0.25, -0.2) is 0 Å². The van der Waals surface area contributed by atoms with Gasteiger partial charge < -0.3 is 15.5 Å². The summed E-state index contributed by atoms with van der Waals surface area (Å²) in [6, 6.07) is 7.97. The Balaban J connectivity index is 1.79. The van der Waals surface area contributed by atoms with Crippen molar-refractivity contribution in [3.63, 3.8) is 0 Å². The minimum atomic E-state index is -0.703. The molecule has 2 fully saturated rings. The van der Waals surface area contributed by atoms with E-state index in [1.54, 1.807) is 19.9 Å². The summed E-state index contributed by atoms with van der Waals surface area (Å²) < 4.78 is 0. The van der Waals surface area contributed by atoms with E-state index in [0.717, 1.165) is 18.7 Å². The molecule has 3 rings (SSSR count). The number of hydrogen-bond acceptors (Lipinski definition) is 3. The molecule has 5 heteroatoms. The van der Waals surface area contributed by atoms with Crippen LogP contribution in [0.5, 0.6) is 0 Å². The number of hydrogen-bond donors (Lipinski definition) is 2. The van der Waals surface area contributed by atoms with Crippen LogP contribution in [0.2, 0.25) is 0 Å². The van der Waals surface area contributed by atoms with Crippen LogP contribution in [-0.2, 0) is 9.59 Å². The number of nitrogens with one attached hydrogen (secondary N) is 2. The summed E-state index contributed by atoms with van der Waals surface area (Å²) in [6.45, 7) is 5.70. The number of carbonyl (C=O) groups excluding carboxylic acids is 2. The van der Waals surface area contributed by atoms with Gasteiger partial charge in [0.25, 0.3) is 11.8 Å². The number of rotatable bonds is 2. The number of anilines is 1. The van der Waals surface area contributed by atoms with Gasteiger partial charge >= 0.3 is 0 Å². The van der Waals surface area contributed by atoms with Crippen LogP contribution in [0.1, 0.15) is 32.3 Å². The standard InChI is InChI=1S/C17H21N3O2/c1-17(2)18-15(21)14(16(22)19-17)11-12-5-7-13(8-6-12)20-9-3-4-10-20/h5-8,11H,3-4,9-10H2,1-2H3,(H,18,21)(H,19,22). The van der Waals surface area contributed by atoms with Crippen LogP contribution in [0, 0.1) is 0 Å². The predicted molar refractivity (Wildman–Crippen MR) is 86.2 cm³/mol. The quantitative estimate of drug-likeness (QED) is 0.645. The van der Waals surface area contributed by atoms with E-state index >= 15 is 0 Å². The zero-order chi connectivity index (χ0) is 15.7. The lowest BCUT2D eigenvalue weighted by Gasteiger charge is -2.32. The average molecular weight is 299 g/mol. The van der Waals surface area contributed by atoms with Crippen LogP contribution in [0.4, 0.5) is 5.69 Å². The number of carbonyl (C=O) groups is 2. The molecule has 2 aliphatic heterocycles. The predicted octanol–water partition coefficient (Wildman–Crippen LogP) is 1.65. The Bertz CT molecular complexity index is 604. The molecule has 0 spiro atoms. The third-order valence-electron chi connectivity index (χ3n) is 4.02. The van der Waals surface area contributed by atoms with Gasteiger partial charge in [0.15, 0.2) is 0 Å². The molecule has 1 aromatic rings. The average Bonchev–Trinajstić information content (AvgIpc) is 2.97. The third-order valence-corrected chi connectivity index (χ3v) is 4.02. The lowest BCUT2D eigenvalue weighted by atomic mass is 10.0. The van der Waals surface area contributed by atoms with Gasteiger partial charge in [0.1, 0.15) is 11.2 Å². The summed E-state index contributed by atoms with van der Waals surface area (Å²) in [6.07, 6.45) is 4.11. The first-order chi connectivity index (χ1) is 10.4. The van der Waals surface area contributed by atoms with Gasteiger partial charge in [-0.2, -0.15) is 0 Å². The molecule has 0 bridgehead atoms. The maximum absolute atomic E-state index is 12.1. The fraction of sp³-hybridized carbons (Fsp3) is 0.412. The van der Waals surface area contributed by atoms with Gasteiger partial charge in [-0.15, -0.1) is 0 Å². The molecule has 0 radical (unpaired) electrons. The van der Waals surface area contributed by atoms with Crippen LogP contribution >= 0.6 is 0 Å². The monoisotopic (exact) mass is 299 g/mol. The first-order valence-corrected chi connectivity index (χ1v) is 7.66. The van der Waals surface area contributed by atoms with E-state index in [0.29, 0.717) is 0 Å². The molecule has 2 heterocycles. The van der Waals surface area contributed by atoms with Crippen molar-refractivity contribution >= 4 is 23.6 Å². The van der Waals surface area contributed by atoms with E-state index in [1.807, 2.05) is 24.3 Å². The summed E-state index contributed by atoms with van der Waals surface area (Å²) in [5, 5.41) is 5.53. The molecule has 2 saturated heterocycles. The molecule has 0 unspecified atom stereocenters. The number of amides is 2. The molecule has 22 heavy (non-hydrogen) atoms. The fourth-order valence-electron chi connectivity index (χ4n) is 2.89. The van der Waals surface area contributed by atoms with Crippen molar-refractivity contribution in [3.8, 4) is 0 Å². The molecule has 0 aromatic heterocycles. The van der Waals surface area contributed by atoms with Crippen molar-refractivity contribution in [2.24, 2.45) is 0 Å². The van der Waals surface area contributed by atoms with Crippen molar-refractivity contribution in [2.75, 3.05) is 18.0 Å². The van der Waals surface area contributed by atoms with Crippen molar-refractivity contribution in [1.29, 1.82) is 0 Å². The second-order valence-corrected chi connectivity index (χ2v) is 6.38. The van der Waals surface area contributed by atoms with E-state index in [4.69, 9.17) is 0 Å². The van der Waals surface area contributed by atoms with Gasteiger partial charge in [0.2, 0.25) is 0 Å². The van der Waals surface area contributed by atoms with E-state index in [9.17, 15) is 9.59 Å². The van der Waals surface area contributed by atoms with Crippen molar-refractivity contribution in [2.45, 2.75) is 32.4 Å². The van der Waals surface area contributed by atoms with Crippen LogP contribution in [0.15, 0.2) is 29.8 Å². The molecule has 5 nitrogen and oxygen atoms in total. The number of nitrogens with zero attached hydrogens (tertiary/aromatic N) is 1. The summed E-state index contributed by atoms with van der Waals surface area (Å²) in [5.74, 6) is -0.672. The summed E-state index contributed by atoms with van der Waals surface area (Å²) >= 11 is 0. The molecule has 1 aromatic carbocycles. The van der Waals surface area contributed by atoms with Crippen molar-refractivity contribution in [1.82, 2.24) is 10.6 Å². The molecule has 2 amide bonds. The van der Waals surface area contributed by atoms with Gasteiger partial charge in [0.05, 0.1) is 0 Å². The van der Waals surface area contributed by atoms with Crippen molar-refractivity contribution in [3.05, 3.63) is 35.4 Å². The highest BCUT2D eigenvalue weighted by molar-refractivity contribution is 6.23. The Morgan fingerprint density at radius 1 is 1.00 bits per heavy atom. The second kappa shape index (κ2) is 5.48. The van der Waals surface area contributed by atoms with E-state index < -0.39 is 5.66 Å². The maximum atomic E-state index is 12.1. The van der Waals surface area contributed by atoms with Gasteiger partial charge in [-0.05, 0) is 50.5 Å². The van der Waals surface area contributed by atoms with E-state index in [2.05, 4.69) is 15.5 Å². The SMILES string of the molecule is CC1(C)NC(=O)C(=Cc2ccc(N3CCCC3)cc2)C(=O)N1. The minimum Gasteiger partial charge on any atom is -0.372 e. The van der Waals surface area contributed by atoms with Crippen LogP contribution in [0.25, 0.3) is 6.08 Å². The van der Waals surface area contributed by atoms with E-state index in [1.165, 1.54) is 18.5 Å². The number of benzene rings is 1. The van der Waals surface area contributed by atoms with Crippen LogP contribution in [-0.4, -0.2) is 30.6 Å². The second-order valence-electron chi connectivity index (χ2n) is 6.38. The molecular formula is C17H21N3O2. The lowest BCUT2D eigenvalue weighted by molar-refractivity contribution is -0.129. The smallest absolute Gasteiger partial charge is 0.258 e. The molecule has 0 aliphatic carbocycles. The molecule has 0 saturated carbocycles. The van der Waals surface area contributed by atoms with Gasteiger partial charge in [-0.1, -0.05) is 12.1 Å². The van der Waals surface area contributed by atoms with Crippen molar-refractivity contribution < 1.29 is 9.59 Å². The van der Waals surface area contributed by atoms with Crippen LogP contribution in [0.3, 0.4) is 0 Å². The van der Waals surface area contributed by atoms with Crippen LogP contribution < -0.4 is 15.5 Å². The largest absolute Gasteiger partial charge is 0.372 e. The highest BCUT2D eigenvalue weighted by Crippen LogP contribution is 2.22. The Morgan fingerprint density at radius 2 is 1.55 bits per heavy atom. The molecule has 116 valence electrons. The molecule has 2 aliphatic rings. The highest BCUT2D eigenvalue weighted by atomic mass is 16.2. The zero-order valence-corrected chi connectivity index (χ0v) is 13.0. The molecule has 2 N–H and O–H groups in total. The summed E-state index contributed by atoms with van der Waals surface area (Å²) in [7, 11) is 0. The van der Waals surface area contributed by atoms with Gasteiger partial charge in [0, 0.05) is 18.8 Å². The maximum Gasteiger partial charge on any atom is 0.258 e. The molecular weight excluding hydrogens is 278 g/mol. The topological polar surface area (TPSA) is 61.4 Å². The first-order valence-electron chi connectivity index (χ1n) is 7.66. The minimum absolute atomic E-state index is 0.147. The normalized spacial score (nSPS) is 20.6. The summed E-state index contributed by atoms with van der Waals surface area (Å²) in [4.78, 5) is 26.5. The Labute approximate surface area is 130 Å². The first kappa shape index (κ1) is 14.6. The Hall–Kier alpha value is -2.30. The summed E-state index contributed by atoms with van der Waals surface area (Å²) in [5.41, 5.74) is 1.49. The zero-order valence-electron chi connectivity index (χ0n) is 13.0. The fourth-order valence-corrected chi connectivity index (χ4v) is 2.89. The highest BCUT2D eigenvalue weighted by Gasteiger charge is 2.33.